The Morgan fingerprint density at radius 1 is 1.15 bits per heavy atom. The number of pyridine rings is 1. The summed E-state index contributed by atoms with van der Waals surface area (Å²) in [6, 6.07) is 15.5. The van der Waals surface area contributed by atoms with Crippen molar-refractivity contribution < 1.29 is 9.18 Å². The SMILES string of the molecule is CC[C@@H](C)C(=O)Nc1cnc(-c2cccc(C#N)c2)n(Cc2cncc(-n3cc(C)c4cc(F)ccc43)c2)c1=O. The minimum atomic E-state index is -0.424. The first-order valence-electron chi connectivity index (χ1n) is 12.9. The molecule has 0 bridgehead atoms. The molecule has 0 aliphatic heterocycles. The number of aromatic nitrogens is 4. The van der Waals surface area contributed by atoms with E-state index in [9.17, 15) is 19.2 Å². The number of anilines is 1. The van der Waals surface area contributed by atoms with Crippen molar-refractivity contribution in [2.24, 2.45) is 5.92 Å². The topological polar surface area (TPSA) is 106 Å². The van der Waals surface area contributed by atoms with Crippen molar-refractivity contribution in [1.82, 2.24) is 19.1 Å². The molecule has 3 aromatic heterocycles. The molecule has 40 heavy (non-hydrogen) atoms. The van der Waals surface area contributed by atoms with E-state index in [0.29, 0.717) is 28.9 Å². The van der Waals surface area contributed by atoms with Crippen LogP contribution in [0.1, 0.15) is 37.0 Å². The summed E-state index contributed by atoms with van der Waals surface area (Å²) in [5.41, 5.74) is 3.89. The smallest absolute Gasteiger partial charge is 0.277 e. The maximum absolute atomic E-state index is 13.9. The van der Waals surface area contributed by atoms with Crippen LogP contribution in [0.15, 0.2) is 78.1 Å². The lowest BCUT2D eigenvalue weighted by molar-refractivity contribution is -0.119. The van der Waals surface area contributed by atoms with E-state index in [-0.39, 0.29) is 29.9 Å². The van der Waals surface area contributed by atoms with Crippen LogP contribution in [0.4, 0.5) is 10.1 Å². The molecule has 0 radical (unpaired) electrons. The highest BCUT2D eigenvalue weighted by molar-refractivity contribution is 5.92. The number of aryl methyl sites for hydroxylation is 1. The monoisotopic (exact) mass is 534 g/mol. The van der Waals surface area contributed by atoms with Crippen molar-refractivity contribution in [3.05, 3.63) is 106 Å². The lowest BCUT2D eigenvalue weighted by atomic mass is 10.1. The molecule has 8 nitrogen and oxygen atoms in total. The highest BCUT2D eigenvalue weighted by Gasteiger charge is 2.18. The molecule has 0 unspecified atom stereocenters. The second-order valence-corrected chi connectivity index (χ2v) is 9.77. The Bertz CT molecular complexity index is 1850. The predicted molar refractivity (Wildman–Crippen MR) is 152 cm³/mol. The lowest BCUT2D eigenvalue weighted by Gasteiger charge is -2.16. The van der Waals surface area contributed by atoms with E-state index < -0.39 is 5.56 Å². The van der Waals surface area contributed by atoms with Crippen LogP contribution in [0.3, 0.4) is 0 Å². The van der Waals surface area contributed by atoms with Gasteiger partial charge < -0.3 is 9.88 Å². The number of rotatable bonds is 7. The molecule has 1 N–H and O–H groups in total. The molecule has 1 atom stereocenters. The van der Waals surface area contributed by atoms with E-state index in [2.05, 4.69) is 21.4 Å². The Kier molecular flexibility index (Phi) is 7.25. The first-order chi connectivity index (χ1) is 19.3. The number of benzene rings is 2. The molecule has 1 amide bonds. The zero-order chi connectivity index (χ0) is 28.4. The van der Waals surface area contributed by atoms with Gasteiger partial charge in [0.25, 0.3) is 5.56 Å². The van der Waals surface area contributed by atoms with Crippen LogP contribution in [0.25, 0.3) is 28.0 Å². The van der Waals surface area contributed by atoms with Crippen LogP contribution in [0, 0.1) is 30.0 Å². The molecule has 0 aliphatic rings. The van der Waals surface area contributed by atoms with E-state index in [0.717, 1.165) is 22.2 Å². The maximum atomic E-state index is 13.9. The average Bonchev–Trinajstić information content (AvgIpc) is 3.30. The predicted octanol–water partition coefficient (Wildman–Crippen LogP) is 5.60. The fourth-order valence-corrected chi connectivity index (χ4v) is 4.58. The Balaban J connectivity index is 1.60. The molecular formula is C31H27FN6O2. The second-order valence-electron chi connectivity index (χ2n) is 9.77. The third kappa shape index (κ3) is 5.12. The Morgan fingerprint density at radius 3 is 2.75 bits per heavy atom. The van der Waals surface area contributed by atoms with Gasteiger partial charge in [-0.15, -0.1) is 0 Å². The van der Waals surface area contributed by atoms with Gasteiger partial charge in [0.15, 0.2) is 0 Å². The molecule has 0 saturated carbocycles. The molecule has 0 saturated heterocycles. The molecule has 0 fully saturated rings. The van der Waals surface area contributed by atoms with Gasteiger partial charge in [-0.05, 0) is 60.9 Å². The van der Waals surface area contributed by atoms with E-state index in [1.807, 2.05) is 30.7 Å². The molecular weight excluding hydrogens is 507 g/mol. The zero-order valence-electron chi connectivity index (χ0n) is 22.4. The summed E-state index contributed by atoms with van der Waals surface area (Å²) in [5.74, 6) is -0.483. The van der Waals surface area contributed by atoms with Crippen molar-refractivity contribution in [3.63, 3.8) is 0 Å². The Labute approximate surface area is 230 Å². The maximum Gasteiger partial charge on any atom is 0.277 e. The number of hydrogen-bond acceptors (Lipinski definition) is 5. The van der Waals surface area contributed by atoms with E-state index in [1.165, 1.54) is 22.9 Å². The highest BCUT2D eigenvalue weighted by Crippen LogP contribution is 2.26. The first-order valence-corrected chi connectivity index (χ1v) is 12.9. The summed E-state index contributed by atoms with van der Waals surface area (Å²) >= 11 is 0. The summed E-state index contributed by atoms with van der Waals surface area (Å²) in [6.07, 6.45) is 7.27. The number of amides is 1. The third-order valence-electron chi connectivity index (χ3n) is 6.98. The number of hydrogen-bond donors (Lipinski definition) is 1. The van der Waals surface area contributed by atoms with E-state index >= 15 is 0 Å². The molecule has 5 aromatic rings. The van der Waals surface area contributed by atoms with Crippen molar-refractivity contribution in [2.75, 3.05) is 5.32 Å². The standard InChI is InChI=1S/C31H27FN6O2/c1-4-19(2)30(39)36-27-16-35-29(23-7-5-6-21(10-23)13-33)38(31(27)40)18-22-11-25(15-34-14-22)37-17-20(3)26-12-24(32)8-9-28(26)37/h5-12,14-17,19H,4,18H2,1-3H3,(H,36,39)/t19-/m1/s1. The minimum absolute atomic E-state index is 0.0728. The molecule has 5 rings (SSSR count). The molecule has 0 aliphatic carbocycles. The van der Waals surface area contributed by atoms with Crippen molar-refractivity contribution >= 4 is 22.5 Å². The van der Waals surface area contributed by atoms with Gasteiger partial charge in [-0.3, -0.25) is 19.1 Å². The molecule has 3 heterocycles. The number of carbonyl (C=O) groups excluding carboxylic acids is 1. The normalized spacial score (nSPS) is 11.8. The number of fused-ring (bicyclic) bond motifs is 1. The summed E-state index contributed by atoms with van der Waals surface area (Å²) in [7, 11) is 0. The van der Waals surface area contributed by atoms with Crippen LogP contribution in [-0.4, -0.2) is 25.0 Å². The number of nitrogens with zero attached hydrogens (tertiary/aromatic N) is 5. The lowest BCUT2D eigenvalue weighted by Crippen LogP contribution is -2.30. The fourth-order valence-electron chi connectivity index (χ4n) is 4.58. The van der Waals surface area contributed by atoms with Crippen LogP contribution in [0.2, 0.25) is 0 Å². The molecule has 0 spiro atoms. The Hall–Kier alpha value is -5.10. The van der Waals surface area contributed by atoms with Gasteiger partial charge in [-0.1, -0.05) is 26.0 Å². The first kappa shape index (κ1) is 26.5. The number of carbonyl (C=O) groups is 1. The van der Waals surface area contributed by atoms with E-state index in [1.54, 1.807) is 49.6 Å². The second kappa shape index (κ2) is 10.9. The quantitative estimate of drug-likeness (QED) is 0.293. The number of halogens is 1. The van der Waals surface area contributed by atoms with Gasteiger partial charge >= 0.3 is 0 Å². The van der Waals surface area contributed by atoms with Crippen molar-refractivity contribution in [1.29, 1.82) is 5.26 Å². The average molecular weight is 535 g/mol. The largest absolute Gasteiger partial charge is 0.320 e. The van der Waals surface area contributed by atoms with E-state index in [4.69, 9.17) is 0 Å². The van der Waals surface area contributed by atoms with Crippen LogP contribution in [-0.2, 0) is 11.3 Å². The number of nitriles is 1. The fraction of sp³-hybridized carbons (Fsp3) is 0.194. The summed E-state index contributed by atoms with van der Waals surface area (Å²) in [6.45, 7) is 5.72. The third-order valence-corrected chi connectivity index (χ3v) is 6.98. The molecule has 2 aromatic carbocycles. The van der Waals surface area contributed by atoms with Crippen LogP contribution >= 0.6 is 0 Å². The van der Waals surface area contributed by atoms with Gasteiger partial charge in [-0.2, -0.15) is 5.26 Å². The summed E-state index contributed by atoms with van der Waals surface area (Å²) in [4.78, 5) is 35.2. The van der Waals surface area contributed by atoms with Crippen molar-refractivity contribution in [2.45, 2.75) is 33.7 Å². The van der Waals surface area contributed by atoms with Crippen LogP contribution < -0.4 is 10.9 Å². The Morgan fingerprint density at radius 2 is 1.98 bits per heavy atom. The summed E-state index contributed by atoms with van der Waals surface area (Å²) < 4.78 is 17.3. The van der Waals surface area contributed by atoms with Crippen LogP contribution in [0.5, 0.6) is 0 Å². The molecule has 200 valence electrons. The van der Waals surface area contributed by atoms with Gasteiger partial charge in [0.05, 0.1) is 41.8 Å². The van der Waals surface area contributed by atoms with Gasteiger partial charge in [0.1, 0.15) is 17.3 Å². The molecule has 9 heteroatoms. The minimum Gasteiger partial charge on any atom is -0.320 e. The van der Waals surface area contributed by atoms with Gasteiger partial charge in [-0.25, -0.2) is 9.37 Å². The zero-order valence-corrected chi connectivity index (χ0v) is 22.4. The highest BCUT2D eigenvalue weighted by atomic mass is 19.1. The number of nitrogens with one attached hydrogen (secondary N) is 1. The summed E-state index contributed by atoms with van der Waals surface area (Å²) in [5, 5.41) is 12.9. The van der Waals surface area contributed by atoms with Crippen molar-refractivity contribution in [3.8, 4) is 23.1 Å². The van der Waals surface area contributed by atoms with Gasteiger partial charge in [0.2, 0.25) is 5.91 Å². The van der Waals surface area contributed by atoms with Gasteiger partial charge in [0, 0.05) is 29.3 Å².